The van der Waals surface area contributed by atoms with Crippen molar-refractivity contribution in [3.8, 4) is 11.8 Å². The molecule has 0 radical (unpaired) electrons. The average molecular weight is 407 g/mol. The van der Waals surface area contributed by atoms with Gasteiger partial charge < -0.3 is 0 Å². The van der Waals surface area contributed by atoms with Gasteiger partial charge in [-0.3, -0.25) is 0 Å². The summed E-state index contributed by atoms with van der Waals surface area (Å²) >= 11 is 0. The first-order valence-electron chi connectivity index (χ1n) is 11.0. The van der Waals surface area contributed by atoms with Crippen LogP contribution in [0.1, 0.15) is 46.7 Å². The molecule has 0 aromatic heterocycles. The first kappa shape index (κ1) is 20.9. The van der Waals surface area contributed by atoms with Crippen LogP contribution < -0.4 is 0 Å². The molecule has 4 aromatic rings. The Morgan fingerprint density at radius 3 is 1.94 bits per heavy atom. The van der Waals surface area contributed by atoms with E-state index < -0.39 is 0 Å². The molecule has 0 aliphatic rings. The smallest absolute Gasteiger partial charge is 0.146 e. The predicted molar refractivity (Wildman–Crippen MR) is 129 cm³/mol. The molecule has 0 fully saturated rings. The maximum Gasteiger partial charge on any atom is 0.146 e. The second-order valence-electron chi connectivity index (χ2n) is 8.17. The first-order chi connectivity index (χ1) is 15.1. The number of hydrogen-bond donors (Lipinski definition) is 0. The van der Waals surface area contributed by atoms with Crippen LogP contribution in [-0.4, -0.2) is 0 Å². The molecule has 0 N–H and O–H groups in total. The van der Waals surface area contributed by atoms with E-state index >= 15 is 0 Å². The van der Waals surface area contributed by atoms with Gasteiger partial charge in [0, 0.05) is 10.9 Å². The summed E-state index contributed by atoms with van der Waals surface area (Å²) in [7, 11) is 0. The molecule has 1 heteroatoms. The fraction of sp³-hybridized carbons (Fsp3) is 0.200. The Labute approximate surface area is 184 Å². The molecule has 0 spiro atoms. The quantitative estimate of drug-likeness (QED) is 0.302. The lowest BCUT2D eigenvalue weighted by Gasteiger charge is -2.05. The number of hydrogen-bond acceptors (Lipinski definition) is 0. The summed E-state index contributed by atoms with van der Waals surface area (Å²) in [5.41, 5.74) is 6.52. The Hall–Kier alpha value is -3.37. The van der Waals surface area contributed by atoms with Gasteiger partial charge in [0.25, 0.3) is 0 Å². The minimum Gasteiger partial charge on any atom is -0.205 e. The highest BCUT2D eigenvalue weighted by Gasteiger charge is 2.05. The molecule has 4 aromatic carbocycles. The van der Waals surface area contributed by atoms with E-state index in [2.05, 4.69) is 55.2 Å². The van der Waals surface area contributed by atoms with Crippen molar-refractivity contribution in [3.63, 3.8) is 0 Å². The first-order valence-corrected chi connectivity index (χ1v) is 11.0. The second-order valence-corrected chi connectivity index (χ2v) is 8.17. The summed E-state index contributed by atoms with van der Waals surface area (Å²) in [6, 6.07) is 26.7. The maximum absolute atomic E-state index is 14.8. The monoisotopic (exact) mass is 406 g/mol. The van der Waals surface area contributed by atoms with Crippen molar-refractivity contribution in [1.29, 1.82) is 0 Å². The number of aryl methyl sites for hydroxylation is 4. The number of rotatable bonds is 5. The molecule has 154 valence electrons. The lowest BCUT2D eigenvalue weighted by molar-refractivity contribution is 0.636. The summed E-state index contributed by atoms with van der Waals surface area (Å²) in [6.45, 7) is 4.22. The molecule has 4 rings (SSSR count). The maximum atomic E-state index is 14.8. The minimum absolute atomic E-state index is 0.244. The number of benzene rings is 4. The topological polar surface area (TPSA) is 0 Å². The van der Waals surface area contributed by atoms with Gasteiger partial charge in [-0.25, -0.2) is 4.39 Å². The predicted octanol–water partition coefficient (Wildman–Crippen LogP) is 7.42. The van der Waals surface area contributed by atoms with Crippen LogP contribution in [-0.2, 0) is 19.3 Å². The van der Waals surface area contributed by atoms with E-state index in [1.54, 1.807) is 6.07 Å². The van der Waals surface area contributed by atoms with E-state index in [1.165, 1.54) is 23.1 Å². The van der Waals surface area contributed by atoms with Gasteiger partial charge in [0.15, 0.2) is 0 Å². The second kappa shape index (κ2) is 9.63. The standard InChI is InChI=1S/C30H27F/c1-3-4-23-6-8-24(9-7-23)10-11-25-12-14-26(15-13-25)16-17-27-18-19-28-21-22(2)5-20-29(28)30(27)31/h5-9,12-15,18-21H,3-4,10-11H2,1-2H3. The zero-order valence-corrected chi connectivity index (χ0v) is 18.2. The van der Waals surface area contributed by atoms with Gasteiger partial charge >= 0.3 is 0 Å². The van der Waals surface area contributed by atoms with Crippen molar-refractivity contribution in [2.75, 3.05) is 0 Å². The van der Waals surface area contributed by atoms with Crippen LogP contribution in [0, 0.1) is 24.6 Å². The summed E-state index contributed by atoms with van der Waals surface area (Å²) < 4.78 is 14.8. The Morgan fingerprint density at radius 2 is 1.29 bits per heavy atom. The highest BCUT2D eigenvalue weighted by Crippen LogP contribution is 2.22. The van der Waals surface area contributed by atoms with Crippen LogP contribution in [0.25, 0.3) is 10.8 Å². The molecule has 0 nitrogen and oxygen atoms in total. The van der Waals surface area contributed by atoms with E-state index in [1.807, 2.05) is 43.3 Å². The van der Waals surface area contributed by atoms with Crippen LogP contribution in [0.3, 0.4) is 0 Å². The minimum atomic E-state index is -0.244. The third-order valence-electron chi connectivity index (χ3n) is 5.67. The van der Waals surface area contributed by atoms with Crippen LogP contribution in [0.2, 0.25) is 0 Å². The van der Waals surface area contributed by atoms with E-state index in [0.717, 1.165) is 35.8 Å². The highest BCUT2D eigenvalue weighted by atomic mass is 19.1. The SMILES string of the molecule is CCCc1ccc(CCc2ccc(C#Cc3ccc4cc(C)ccc4c3F)cc2)cc1. The Bertz CT molecular complexity index is 1240. The van der Waals surface area contributed by atoms with Gasteiger partial charge in [-0.15, -0.1) is 0 Å². The van der Waals surface area contributed by atoms with Crippen molar-refractivity contribution in [1.82, 2.24) is 0 Å². The van der Waals surface area contributed by atoms with Gasteiger partial charge in [0.1, 0.15) is 5.82 Å². The highest BCUT2D eigenvalue weighted by molar-refractivity contribution is 5.85. The van der Waals surface area contributed by atoms with Gasteiger partial charge in [-0.1, -0.05) is 91.4 Å². The Morgan fingerprint density at radius 1 is 0.677 bits per heavy atom. The van der Waals surface area contributed by atoms with Gasteiger partial charge in [0.2, 0.25) is 0 Å². The molecular weight excluding hydrogens is 379 g/mol. The third-order valence-corrected chi connectivity index (χ3v) is 5.67. The molecule has 0 saturated carbocycles. The van der Waals surface area contributed by atoms with Gasteiger partial charge in [-0.2, -0.15) is 0 Å². The lowest BCUT2D eigenvalue weighted by Crippen LogP contribution is -1.92. The van der Waals surface area contributed by atoms with E-state index in [-0.39, 0.29) is 5.82 Å². The van der Waals surface area contributed by atoms with E-state index in [0.29, 0.717) is 10.9 Å². The zero-order chi connectivity index (χ0) is 21.6. The Kier molecular flexibility index (Phi) is 6.48. The van der Waals surface area contributed by atoms with Crippen LogP contribution in [0.5, 0.6) is 0 Å². The summed E-state index contributed by atoms with van der Waals surface area (Å²) in [5, 5.41) is 1.53. The molecular formula is C30H27F. The van der Waals surface area contributed by atoms with Gasteiger partial charge in [0.05, 0.1) is 5.56 Å². The molecule has 0 amide bonds. The lowest BCUT2D eigenvalue weighted by atomic mass is 10.0. The number of fused-ring (bicyclic) bond motifs is 1. The Balaban J connectivity index is 1.42. The largest absolute Gasteiger partial charge is 0.205 e. The molecule has 0 atom stereocenters. The summed E-state index contributed by atoms with van der Waals surface area (Å²) in [6.07, 6.45) is 4.35. The third kappa shape index (κ3) is 5.22. The molecule has 0 unspecified atom stereocenters. The van der Waals surface area contributed by atoms with Gasteiger partial charge in [-0.05, 0) is 66.5 Å². The normalized spacial score (nSPS) is 10.7. The zero-order valence-electron chi connectivity index (χ0n) is 18.2. The summed E-state index contributed by atoms with van der Waals surface area (Å²) in [4.78, 5) is 0. The van der Waals surface area contributed by atoms with Crippen LogP contribution >= 0.6 is 0 Å². The fourth-order valence-electron chi connectivity index (χ4n) is 3.85. The average Bonchev–Trinajstić information content (AvgIpc) is 2.79. The van der Waals surface area contributed by atoms with E-state index in [9.17, 15) is 4.39 Å². The van der Waals surface area contributed by atoms with Crippen LogP contribution in [0.4, 0.5) is 4.39 Å². The molecule has 0 heterocycles. The number of halogens is 1. The van der Waals surface area contributed by atoms with Crippen LogP contribution in [0.15, 0.2) is 78.9 Å². The van der Waals surface area contributed by atoms with Crippen molar-refractivity contribution in [3.05, 3.63) is 118 Å². The van der Waals surface area contributed by atoms with E-state index in [4.69, 9.17) is 0 Å². The van der Waals surface area contributed by atoms with Crippen molar-refractivity contribution in [2.24, 2.45) is 0 Å². The van der Waals surface area contributed by atoms with Crippen molar-refractivity contribution < 1.29 is 4.39 Å². The molecule has 0 bridgehead atoms. The van der Waals surface area contributed by atoms with Crippen molar-refractivity contribution in [2.45, 2.75) is 39.5 Å². The van der Waals surface area contributed by atoms with Crippen molar-refractivity contribution >= 4 is 10.8 Å². The fourth-order valence-corrected chi connectivity index (χ4v) is 3.85. The molecule has 0 saturated heterocycles. The molecule has 31 heavy (non-hydrogen) atoms. The molecule has 0 aliphatic heterocycles. The molecule has 0 aliphatic carbocycles. The summed E-state index contributed by atoms with van der Waals surface area (Å²) in [5.74, 6) is 5.87.